The Morgan fingerprint density at radius 1 is 1.03 bits per heavy atom. The van der Waals surface area contributed by atoms with E-state index in [9.17, 15) is 4.79 Å². The van der Waals surface area contributed by atoms with E-state index >= 15 is 0 Å². The second kappa shape index (κ2) is 10.4. The molecular formula is C28H26N6OS3. The number of aromatic nitrogens is 1. The maximum absolute atomic E-state index is 12.8. The van der Waals surface area contributed by atoms with Crippen LogP contribution in [-0.2, 0) is 17.8 Å². The third-order valence-corrected chi connectivity index (χ3v) is 9.18. The zero-order valence-corrected chi connectivity index (χ0v) is 23.6. The van der Waals surface area contributed by atoms with Gasteiger partial charge in [0, 0.05) is 36.7 Å². The molecule has 0 spiro atoms. The van der Waals surface area contributed by atoms with Gasteiger partial charge in [-0.2, -0.15) is 0 Å². The number of fused-ring (bicyclic) bond motifs is 2. The average Bonchev–Trinajstić information content (AvgIpc) is 3.65. The van der Waals surface area contributed by atoms with Crippen molar-refractivity contribution in [2.75, 3.05) is 24.5 Å². The molecule has 2 aliphatic rings. The Morgan fingerprint density at radius 3 is 2.61 bits per heavy atom. The van der Waals surface area contributed by atoms with Crippen LogP contribution in [0.25, 0.3) is 15.6 Å². The summed E-state index contributed by atoms with van der Waals surface area (Å²) in [5.74, 6) is -0.0453. The molecule has 0 bridgehead atoms. The molecule has 1 saturated heterocycles. The summed E-state index contributed by atoms with van der Waals surface area (Å²) in [6.07, 6.45) is 2.93. The monoisotopic (exact) mass is 558 g/mol. The summed E-state index contributed by atoms with van der Waals surface area (Å²) < 4.78 is 1.03. The summed E-state index contributed by atoms with van der Waals surface area (Å²) in [6, 6.07) is 18.9. The van der Waals surface area contributed by atoms with Gasteiger partial charge < -0.3 is 9.80 Å². The van der Waals surface area contributed by atoms with Gasteiger partial charge in [0.25, 0.3) is 5.91 Å². The van der Waals surface area contributed by atoms with Crippen molar-refractivity contribution in [3.05, 3.63) is 76.3 Å². The van der Waals surface area contributed by atoms with Gasteiger partial charge in [-0.25, -0.2) is 4.98 Å². The number of hydrogen-bond donors (Lipinski definition) is 0. The molecule has 4 aromatic rings. The zero-order valence-electron chi connectivity index (χ0n) is 21.1. The minimum Gasteiger partial charge on any atom is -0.367 e. The Hall–Kier alpha value is -3.47. The lowest BCUT2D eigenvalue weighted by Gasteiger charge is -2.19. The number of thiocarbonyl (C=S) groups is 1. The second-order valence-corrected chi connectivity index (χ2v) is 11.5. The molecule has 0 atom stereocenters. The van der Waals surface area contributed by atoms with Crippen molar-refractivity contribution in [3.8, 4) is 0 Å². The SMILES string of the molecule is CCN1C(=O)/C(=C\c2cc3sc(/N=N/c4ccc5c(c4)CCN5Cc4ccccc4)nc3s2)N(CC)C1=S. The molecule has 1 amide bonds. The molecule has 4 heterocycles. The topological polar surface area (TPSA) is 64.4 Å². The van der Waals surface area contributed by atoms with Crippen molar-refractivity contribution in [1.29, 1.82) is 0 Å². The van der Waals surface area contributed by atoms with E-state index in [4.69, 9.17) is 12.2 Å². The first-order valence-corrected chi connectivity index (χ1v) is 14.7. The van der Waals surface area contributed by atoms with E-state index in [-0.39, 0.29) is 5.91 Å². The van der Waals surface area contributed by atoms with Crippen molar-refractivity contribution in [3.63, 3.8) is 0 Å². The van der Waals surface area contributed by atoms with E-state index < -0.39 is 0 Å². The predicted octanol–water partition coefficient (Wildman–Crippen LogP) is 7.15. The first-order chi connectivity index (χ1) is 18.5. The van der Waals surface area contributed by atoms with Crippen molar-refractivity contribution < 1.29 is 4.79 Å². The molecule has 7 nitrogen and oxygen atoms in total. The fourth-order valence-electron chi connectivity index (χ4n) is 4.89. The fraction of sp³-hybridized carbons (Fsp3) is 0.250. The van der Waals surface area contributed by atoms with Crippen LogP contribution < -0.4 is 4.90 Å². The second-order valence-electron chi connectivity index (χ2n) is 9.09. The molecule has 38 heavy (non-hydrogen) atoms. The summed E-state index contributed by atoms with van der Waals surface area (Å²) in [7, 11) is 0. The molecule has 6 rings (SSSR count). The lowest BCUT2D eigenvalue weighted by Crippen LogP contribution is -2.32. The molecule has 0 aliphatic carbocycles. The number of nitrogens with zero attached hydrogens (tertiary/aromatic N) is 6. The van der Waals surface area contributed by atoms with Crippen LogP contribution in [0.5, 0.6) is 0 Å². The number of carbonyl (C=O) groups is 1. The zero-order chi connectivity index (χ0) is 26.2. The Balaban J connectivity index is 1.17. The van der Waals surface area contributed by atoms with E-state index in [1.165, 1.54) is 28.2 Å². The van der Waals surface area contributed by atoms with Crippen LogP contribution >= 0.6 is 34.9 Å². The van der Waals surface area contributed by atoms with Crippen LogP contribution in [0, 0.1) is 0 Å². The molecule has 1 fully saturated rings. The summed E-state index contributed by atoms with van der Waals surface area (Å²) in [5.41, 5.74) is 5.35. The fourth-order valence-corrected chi connectivity index (χ4v) is 7.31. The Bertz CT molecular complexity index is 1560. The van der Waals surface area contributed by atoms with Crippen LogP contribution in [0.1, 0.15) is 29.9 Å². The quantitative estimate of drug-likeness (QED) is 0.137. The van der Waals surface area contributed by atoms with Gasteiger partial charge in [-0.1, -0.05) is 41.7 Å². The molecule has 10 heteroatoms. The summed E-state index contributed by atoms with van der Waals surface area (Å²) in [4.78, 5) is 25.3. The van der Waals surface area contributed by atoms with E-state index in [0.29, 0.717) is 29.0 Å². The van der Waals surface area contributed by atoms with Gasteiger partial charge in [0.05, 0.1) is 10.4 Å². The molecule has 0 N–H and O–H groups in total. The van der Waals surface area contributed by atoms with Crippen molar-refractivity contribution in [1.82, 2.24) is 14.8 Å². The first-order valence-electron chi connectivity index (χ1n) is 12.6. The predicted molar refractivity (Wildman–Crippen MR) is 160 cm³/mol. The highest BCUT2D eigenvalue weighted by Gasteiger charge is 2.36. The van der Waals surface area contributed by atoms with Gasteiger partial charge in [-0.15, -0.1) is 21.6 Å². The number of carbonyl (C=O) groups excluding carboxylic acids is 1. The van der Waals surface area contributed by atoms with Crippen LogP contribution in [0.4, 0.5) is 16.5 Å². The molecule has 0 saturated carbocycles. The first kappa shape index (κ1) is 24.8. The van der Waals surface area contributed by atoms with E-state index in [1.807, 2.05) is 30.9 Å². The van der Waals surface area contributed by atoms with Crippen molar-refractivity contribution in [2.24, 2.45) is 10.2 Å². The lowest BCUT2D eigenvalue weighted by molar-refractivity contribution is -0.122. The van der Waals surface area contributed by atoms with Crippen LogP contribution in [0.2, 0.25) is 0 Å². The number of likely N-dealkylation sites (N-methyl/N-ethyl adjacent to an activating group) is 2. The van der Waals surface area contributed by atoms with E-state index in [0.717, 1.165) is 39.6 Å². The number of hydrogen-bond acceptors (Lipinski definition) is 8. The number of thiazole rings is 1. The van der Waals surface area contributed by atoms with Crippen molar-refractivity contribution >= 4 is 78.0 Å². The normalized spacial score (nSPS) is 16.7. The molecule has 192 valence electrons. The molecular weight excluding hydrogens is 533 g/mol. The number of rotatable bonds is 7. The molecule has 0 radical (unpaired) electrons. The van der Waals surface area contributed by atoms with Crippen molar-refractivity contribution in [2.45, 2.75) is 26.8 Å². The standard InChI is InChI=1S/C28H26N6OS3/c1-3-33-23(26(35)34(4-2)28(33)36)15-21-16-24-25(37-21)29-27(38-24)31-30-20-10-11-22-19(14-20)12-13-32(22)17-18-8-6-5-7-9-18/h5-11,14-16H,3-4,12-13,17H2,1-2H3/b23-15+,31-30+. The summed E-state index contributed by atoms with van der Waals surface area (Å²) in [6.45, 7) is 7.08. The number of amides is 1. The summed E-state index contributed by atoms with van der Waals surface area (Å²) >= 11 is 8.53. The molecule has 2 aliphatic heterocycles. The van der Waals surface area contributed by atoms with Gasteiger partial charge in [0.2, 0.25) is 5.13 Å². The van der Waals surface area contributed by atoms with Gasteiger partial charge in [-0.3, -0.25) is 9.69 Å². The molecule has 2 aromatic heterocycles. The number of anilines is 1. The Morgan fingerprint density at radius 2 is 1.84 bits per heavy atom. The summed E-state index contributed by atoms with van der Waals surface area (Å²) in [5, 5.41) is 10.1. The van der Waals surface area contributed by atoms with Crippen LogP contribution in [0.3, 0.4) is 0 Å². The number of benzene rings is 2. The Kier molecular flexibility index (Phi) is 6.77. The third kappa shape index (κ3) is 4.63. The van der Waals surface area contributed by atoms with Crippen LogP contribution in [0.15, 0.2) is 70.5 Å². The lowest BCUT2D eigenvalue weighted by atomic mass is 10.1. The maximum Gasteiger partial charge on any atom is 0.276 e. The highest BCUT2D eigenvalue weighted by atomic mass is 32.1. The molecule has 0 unspecified atom stereocenters. The third-order valence-electron chi connectivity index (χ3n) is 6.75. The highest BCUT2D eigenvalue weighted by Crippen LogP contribution is 2.37. The minimum atomic E-state index is -0.0453. The van der Waals surface area contributed by atoms with Gasteiger partial charge in [0.1, 0.15) is 10.5 Å². The van der Waals surface area contributed by atoms with Crippen LogP contribution in [-0.4, -0.2) is 45.4 Å². The highest BCUT2D eigenvalue weighted by molar-refractivity contribution is 7.80. The maximum atomic E-state index is 12.8. The molecule has 2 aromatic carbocycles. The smallest absolute Gasteiger partial charge is 0.276 e. The number of azo groups is 1. The van der Waals surface area contributed by atoms with Gasteiger partial charge in [-0.05, 0) is 74.0 Å². The van der Waals surface area contributed by atoms with E-state index in [1.54, 1.807) is 16.2 Å². The largest absolute Gasteiger partial charge is 0.367 e. The van der Waals surface area contributed by atoms with Gasteiger partial charge in [0.15, 0.2) is 5.11 Å². The average molecular weight is 559 g/mol. The minimum absolute atomic E-state index is 0.0453. The van der Waals surface area contributed by atoms with E-state index in [2.05, 4.69) is 68.6 Å². The van der Waals surface area contributed by atoms with Gasteiger partial charge >= 0.3 is 0 Å². The number of thiophene rings is 1. The Labute approximate surface area is 234 Å².